The second-order valence-corrected chi connectivity index (χ2v) is 9.04. The molecule has 0 atom stereocenters. The average molecular weight is 449 g/mol. The Morgan fingerprint density at radius 3 is 2.03 bits per heavy atom. The number of nitrogens with zero attached hydrogens (tertiary/aromatic N) is 1. The lowest BCUT2D eigenvalue weighted by molar-refractivity contribution is 0.0696. The third-order valence-electron chi connectivity index (χ3n) is 5.09. The number of imide groups is 1. The monoisotopic (exact) mass is 449 g/mol. The maximum atomic E-state index is 13.0. The van der Waals surface area contributed by atoms with Crippen molar-refractivity contribution in [3.8, 4) is 0 Å². The molecule has 2 amide bonds. The highest BCUT2D eigenvalue weighted by molar-refractivity contribution is 7.91. The van der Waals surface area contributed by atoms with Gasteiger partial charge in [0.25, 0.3) is 11.8 Å². The Balaban J connectivity index is 1.74. The van der Waals surface area contributed by atoms with Gasteiger partial charge in [-0.1, -0.05) is 12.1 Å². The van der Waals surface area contributed by atoms with Gasteiger partial charge < -0.3 is 5.11 Å². The zero-order chi connectivity index (χ0) is 23.2. The second kappa shape index (κ2) is 7.54. The molecule has 1 aliphatic heterocycles. The van der Waals surface area contributed by atoms with Crippen LogP contribution in [0.2, 0.25) is 0 Å². The largest absolute Gasteiger partial charge is 0.478 e. The summed E-state index contributed by atoms with van der Waals surface area (Å²) in [6.07, 6.45) is 0. The molecule has 1 aliphatic rings. The molecule has 0 radical (unpaired) electrons. The minimum Gasteiger partial charge on any atom is -0.478 e. The fourth-order valence-corrected chi connectivity index (χ4v) is 4.69. The molecule has 8 nitrogen and oxygen atoms in total. The summed E-state index contributed by atoms with van der Waals surface area (Å²) >= 11 is 0. The quantitative estimate of drug-likeness (QED) is 0.468. The van der Waals surface area contributed by atoms with Gasteiger partial charge in [-0.15, -0.1) is 0 Å². The minimum absolute atomic E-state index is 0.0448. The third-order valence-corrected chi connectivity index (χ3v) is 6.86. The van der Waals surface area contributed by atoms with E-state index in [4.69, 9.17) is 5.11 Å². The van der Waals surface area contributed by atoms with E-state index >= 15 is 0 Å². The van der Waals surface area contributed by atoms with Crippen molar-refractivity contribution >= 4 is 39.1 Å². The van der Waals surface area contributed by atoms with Gasteiger partial charge in [0.2, 0.25) is 9.84 Å². The molecule has 0 spiro atoms. The number of Topliss-reactive ketones (excluding diaryl/α,β-unsaturated/α-hetero) is 1. The lowest BCUT2D eigenvalue weighted by Crippen LogP contribution is -2.29. The number of ketones is 1. The highest BCUT2D eigenvalue weighted by atomic mass is 32.2. The summed E-state index contributed by atoms with van der Waals surface area (Å²) in [7, 11) is -4.06. The average Bonchev–Trinajstić information content (AvgIpc) is 3.03. The molecule has 0 unspecified atom stereocenters. The Labute approximate surface area is 182 Å². The van der Waals surface area contributed by atoms with Crippen molar-refractivity contribution in [2.45, 2.75) is 16.7 Å². The van der Waals surface area contributed by atoms with Crippen molar-refractivity contribution in [3.63, 3.8) is 0 Å². The molecule has 32 heavy (non-hydrogen) atoms. The standard InChI is InChI=1S/C23H15NO7S/c1-13(25)15-3-2-4-16(11-15)24-21(26)19-10-9-18(12-20(19)22(24)27)32(30,31)17-7-5-14(6-8-17)23(28)29/h2-12H,1H3,(H,28,29). The summed E-state index contributed by atoms with van der Waals surface area (Å²) < 4.78 is 26.0. The molecular weight excluding hydrogens is 434 g/mol. The highest BCUT2D eigenvalue weighted by Gasteiger charge is 2.38. The summed E-state index contributed by atoms with van der Waals surface area (Å²) in [4.78, 5) is 49.0. The molecule has 0 saturated carbocycles. The molecule has 0 fully saturated rings. The summed E-state index contributed by atoms with van der Waals surface area (Å²) in [5, 5.41) is 8.98. The van der Waals surface area contributed by atoms with Gasteiger partial charge in [0.15, 0.2) is 5.78 Å². The summed E-state index contributed by atoms with van der Waals surface area (Å²) in [6.45, 7) is 1.36. The van der Waals surface area contributed by atoms with E-state index < -0.39 is 27.6 Å². The Morgan fingerprint density at radius 1 is 0.781 bits per heavy atom. The van der Waals surface area contributed by atoms with E-state index in [0.717, 1.165) is 11.0 Å². The van der Waals surface area contributed by atoms with E-state index in [1.807, 2.05) is 0 Å². The Hall–Kier alpha value is -4.11. The van der Waals surface area contributed by atoms with E-state index in [9.17, 15) is 27.6 Å². The van der Waals surface area contributed by atoms with Crippen LogP contribution in [0, 0.1) is 0 Å². The van der Waals surface area contributed by atoms with Crippen LogP contribution in [0.1, 0.15) is 48.4 Å². The van der Waals surface area contributed by atoms with Crippen LogP contribution in [0.5, 0.6) is 0 Å². The Morgan fingerprint density at radius 2 is 1.41 bits per heavy atom. The highest BCUT2D eigenvalue weighted by Crippen LogP contribution is 2.32. The number of aromatic carboxylic acids is 1. The maximum Gasteiger partial charge on any atom is 0.335 e. The van der Waals surface area contributed by atoms with Crippen LogP contribution >= 0.6 is 0 Å². The Kier molecular flexibility index (Phi) is 4.98. The van der Waals surface area contributed by atoms with Crippen molar-refractivity contribution < 1.29 is 32.7 Å². The fraction of sp³-hybridized carbons (Fsp3) is 0.0435. The van der Waals surface area contributed by atoms with Gasteiger partial charge >= 0.3 is 5.97 Å². The number of sulfone groups is 1. The van der Waals surface area contributed by atoms with Gasteiger partial charge in [0, 0.05) is 5.56 Å². The predicted octanol–water partition coefficient (Wildman–Crippen LogP) is 3.22. The number of carbonyl (C=O) groups excluding carboxylic acids is 3. The first kappa shape index (κ1) is 21.1. The van der Waals surface area contributed by atoms with Crippen LogP contribution in [0.15, 0.2) is 76.5 Å². The predicted molar refractivity (Wildman–Crippen MR) is 113 cm³/mol. The summed E-state index contributed by atoms with van der Waals surface area (Å²) in [5.41, 5.74) is 0.432. The first-order valence-corrected chi connectivity index (χ1v) is 10.8. The number of carboxylic acid groups (broad SMARTS) is 1. The van der Waals surface area contributed by atoms with Crippen molar-refractivity contribution in [3.05, 3.63) is 89.0 Å². The smallest absolute Gasteiger partial charge is 0.335 e. The molecule has 9 heteroatoms. The van der Waals surface area contributed by atoms with Crippen LogP contribution < -0.4 is 4.90 Å². The molecule has 0 saturated heterocycles. The fourth-order valence-electron chi connectivity index (χ4n) is 3.40. The zero-order valence-corrected chi connectivity index (χ0v) is 17.4. The van der Waals surface area contributed by atoms with Gasteiger partial charge in [-0.2, -0.15) is 0 Å². The van der Waals surface area contributed by atoms with Gasteiger partial charge in [-0.25, -0.2) is 18.1 Å². The van der Waals surface area contributed by atoms with Crippen molar-refractivity contribution in [2.24, 2.45) is 0 Å². The van der Waals surface area contributed by atoms with E-state index in [-0.39, 0.29) is 38.0 Å². The van der Waals surface area contributed by atoms with Crippen LogP contribution in [0.3, 0.4) is 0 Å². The SMILES string of the molecule is CC(=O)c1cccc(N2C(=O)c3ccc(S(=O)(=O)c4ccc(C(=O)O)cc4)cc3C2=O)c1. The molecule has 1 heterocycles. The number of carboxylic acids is 1. The van der Waals surface area contributed by atoms with Crippen molar-refractivity contribution in [1.82, 2.24) is 0 Å². The topological polar surface area (TPSA) is 126 Å². The molecule has 0 aromatic heterocycles. The third kappa shape index (κ3) is 3.38. The molecule has 1 N–H and O–H groups in total. The molecular formula is C23H15NO7S. The first-order chi connectivity index (χ1) is 15.1. The van der Waals surface area contributed by atoms with Crippen LogP contribution in [-0.4, -0.2) is 37.1 Å². The van der Waals surface area contributed by atoms with Gasteiger partial charge in [-0.05, 0) is 61.5 Å². The number of hydrogen-bond donors (Lipinski definition) is 1. The van der Waals surface area contributed by atoms with Crippen LogP contribution in [0.4, 0.5) is 5.69 Å². The van der Waals surface area contributed by atoms with E-state index in [0.29, 0.717) is 5.56 Å². The molecule has 0 bridgehead atoms. The van der Waals surface area contributed by atoms with E-state index in [1.165, 1.54) is 55.5 Å². The molecule has 3 aromatic rings. The normalized spacial score (nSPS) is 13.2. The molecule has 0 aliphatic carbocycles. The maximum absolute atomic E-state index is 13.0. The van der Waals surface area contributed by atoms with Gasteiger partial charge in [-0.3, -0.25) is 14.4 Å². The van der Waals surface area contributed by atoms with Crippen molar-refractivity contribution in [1.29, 1.82) is 0 Å². The van der Waals surface area contributed by atoms with E-state index in [1.54, 1.807) is 12.1 Å². The van der Waals surface area contributed by atoms with Gasteiger partial charge in [0.1, 0.15) is 0 Å². The number of fused-ring (bicyclic) bond motifs is 1. The number of anilines is 1. The number of amides is 2. The lowest BCUT2D eigenvalue weighted by Gasteiger charge is -2.14. The van der Waals surface area contributed by atoms with Crippen LogP contribution in [0.25, 0.3) is 0 Å². The van der Waals surface area contributed by atoms with E-state index in [2.05, 4.69) is 0 Å². The second-order valence-electron chi connectivity index (χ2n) is 7.09. The molecule has 3 aromatic carbocycles. The number of benzene rings is 3. The summed E-state index contributed by atoms with van der Waals surface area (Å²) in [6, 6.07) is 14.3. The molecule has 4 rings (SSSR count). The van der Waals surface area contributed by atoms with Crippen LogP contribution in [-0.2, 0) is 9.84 Å². The number of carbonyl (C=O) groups is 4. The zero-order valence-electron chi connectivity index (χ0n) is 16.6. The first-order valence-electron chi connectivity index (χ1n) is 9.33. The Bertz CT molecular complexity index is 1420. The minimum atomic E-state index is -4.06. The lowest BCUT2D eigenvalue weighted by atomic mass is 10.1. The summed E-state index contributed by atoms with van der Waals surface area (Å²) in [5.74, 6) is -2.75. The van der Waals surface area contributed by atoms with Gasteiger partial charge in [0.05, 0.1) is 32.2 Å². The number of hydrogen-bond acceptors (Lipinski definition) is 6. The molecule has 160 valence electrons. The van der Waals surface area contributed by atoms with Crippen molar-refractivity contribution in [2.75, 3.05) is 4.90 Å². The number of rotatable bonds is 5.